The fourth-order valence-electron chi connectivity index (χ4n) is 1.19. The van der Waals surface area contributed by atoms with E-state index in [1.807, 2.05) is 38.2 Å². The first kappa shape index (κ1) is 8.78. The molecule has 0 saturated carbocycles. The summed E-state index contributed by atoms with van der Waals surface area (Å²) in [5, 5.41) is 2.77. The Labute approximate surface area is 72.7 Å². The highest BCUT2D eigenvalue weighted by molar-refractivity contribution is 6.01. The Hall–Kier alpha value is -1.31. The third kappa shape index (κ3) is 1.64. The molecule has 1 amide bonds. The summed E-state index contributed by atoms with van der Waals surface area (Å²) < 4.78 is 0. The van der Waals surface area contributed by atoms with Crippen molar-refractivity contribution in [3.63, 3.8) is 0 Å². The predicted octanol–water partition coefficient (Wildman–Crippen LogP) is 1.57. The van der Waals surface area contributed by atoms with Crippen LogP contribution >= 0.6 is 0 Å². The molecule has 1 aliphatic rings. The molecule has 0 unspecified atom stereocenters. The lowest BCUT2D eigenvalue weighted by atomic mass is 10.1. The fourth-order valence-corrected chi connectivity index (χ4v) is 1.19. The molecule has 1 rings (SSSR count). The van der Waals surface area contributed by atoms with Gasteiger partial charge in [-0.25, -0.2) is 0 Å². The van der Waals surface area contributed by atoms with Crippen LogP contribution in [0.25, 0.3) is 0 Å². The zero-order chi connectivity index (χ0) is 8.97. The molecule has 0 atom stereocenters. The van der Waals surface area contributed by atoms with E-state index in [0.717, 1.165) is 11.1 Å². The Kier molecular flexibility index (Phi) is 2.86. The van der Waals surface area contributed by atoms with Crippen LogP contribution in [-0.2, 0) is 4.79 Å². The van der Waals surface area contributed by atoms with Crippen LogP contribution in [0.4, 0.5) is 0 Å². The Morgan fingerprint density at radius 2 is 2.17 bits per heavy atom. The highest BCUT2D eigenvalue weighted by atomic mass is 16.2. The average molecular weight is 163 g/mol. The van der Waals surface area contributed by atoms with E-state index >= 15 is 0 Å². The first-order chi connectivity index (χ1) is 5.79. The van der Waals surface area contributed by atoms with Crippen LogP contribution in [0.2, 0.25) is 0 Å². The SMILES string of the molecule is C/C=C/C=C1/CNC(=O)/C1=C/C. The number of rotatable bonds is 1. The van der Waals surface area contributed by atoms with E-state index in [0.29, 0.717) is 6.54 Å². The molecule has 1 heterocycles. The quantitative estimate of drug-likeness (QED) is 0.584. The fraction of sp³-hybridized carbons (Fsp3) is 0.300. The van der Waals surface area contributed by atoms with E-state index in [2.05, 4.69) is 5.32 Å². The number of hydrogen-bond acceptors (Lipinski definition) is 1. The molecule has 0 aromatic heterocycles. The van der Waals surface area contributed by atoms with E-state index in [1.165, 1.54) is 0 Å². The van der Waals surface area contributed by atoms with Crippen LogP contribution in [0.1, 0.15) is 13.8 Å². The van der Waals surface area contributed by atoms with Gasteiger partial charge in [-0.2, -0.15) is 0 Å². The van der Waals surface area contributed by atoms with E-state index in [9.17, 15) is 4.79 Å². The molecule has 0 bridgehead atoms. The molecule has 0 spiro atoms. The molecule has 1 saturated heterocycles. The maximum atomic E-state index is 11.1. The summed E-state index contributed by atoms with van der Waals surface area (Å²) in [4.78, 5) is 11.1. The third-order valence-corrected chi connectivity index (χ3v) is 1.81. The minimum atomic E-state index is 0.0354. The highest BCUT2D eigenvalue weighted by Crippen LogP contribution is 2.15. The first-order valence-electron chi connectivity index (χ1n) is 4.06. The molecular weight excluding hydrogens is 150 g/mol. The van der Waals surface area contributed by atoms with Crippen molar-refractivity contribution in [1.82, 2.24) is 5.32 Å². The van der Waals surface area contributed by atoms with Crippen molar-refractivity contribution in [3.8, 4) is 0 Å². The van der Waals surface area contributed by atoms with Crippen molar-refractivity contribution in [2.45, 2.75) is 13.8 Å². The summed E-state index contributed by atoms with van der Waals surface area (Å²) in [6.45, 7) is 4.49. The lowest BCUT2D eigenvalue weighted by molar-refractivity contribution is -0.116. The maximum Gasteiger partial charge on any atom is 0.251 e. The van der Waals surface area contributed by atoms with E-state index in [-0.39, 0.29) is 5.91 Å². The van der Waals surface area contributed by atoms with E-state index in [1.54, 1.807) is 0 Å². The maximum absolute atomic E-state index is 11.1. The first-order valence-corrected chi connectivity index (χ1v) is 4.06. The van der Waals surface area contributed by atoms with Crippen LogP contribution in [0.3, 0.4) is 0 Å². The van der Waals surface area contributed by atoms with Crippen LogP contribution < -0.4 is 5.32 Å². The predicted molar refractivity (Wildman–Crippen MR) is 49.7 cm³/mol. The average Bonchev–Trinajstić information content (AvgIpc) is 2.43. The second-order valence-corrected chi connectivity index (χ2v) is 2.60. The van der Waals surface area contributed by atoms with Gasteiger partial charge >= 0.3 is 0 Å². The van der Waals surface area contributed by atoms with Crippen LogP contribution in [0.15, 0.2) is 35.5 Å². The molecule has 12 heavy (non-hydrogen) atoms. The lowest BCUT2D eigenvalue weighted by Gasteiger charge is -1.92. The van der Waals surface area contributed by atoms with Crippen molar-refractivity contribution >= 4 is 5.91 Å². The van der Waals surface area contributed by atoms with Crippen molar-refractivity contribution in [2.24, 2.45) is 0 Å². The summed E-state index contributed by atoms with van der Waals surface area (Å²) in [6, 6.07) is 0. The van der Waals surface area contributed by atoms with Gasteiger partial charge in [0.1, 0.15) is 0 Å². The lowest BCUT2D eigenvalue weighted by Crippen LogP contribution is -2.13. The second kappa shape index (κ2) is 3.90. The van der Waals surface area contributed by atoms with Crippen LogP contribution in [0.5, 0.6) is 0 Å². The number of hydrogen-bond donors (Lipinski definition) is 1. The normalized spacial score (nSPS) is 24.3. The van der Waals surface area contributed by atoms with Gasteiger partial charge in [0.25, 0.3) is 5.91 Å². The monoisotopic (exact) mass is 163 g/mol. The van der Waals surface area contributed by atoms with Crippen molar-refractivity contribution in [1.29, 1.82) is 0 Å². The Balaban J connectivity index is 2.88. The summed E-state index contributed by atoms with van der Waals surface area (Å²) >= 11 is 0. The number of nitrogens with one attached hydrogen (secondary N) is 1. The van der Waals surface area contributed by atoms with Crippen molar-refractivity contribution < 1.29 is 4.79 Å². The Morgan fingerprint density at radius 3 is 2.75 bits per heavy atom. The second-order valence-electron chi connectivity index (χ2n) is 2.60. The van der Waals surface area contributed by atoms with Gasteiger partial charge in [0.2, 0.25) is 0 Å². The standard InChI is InChI=1S/C10H13NO/c1-3-5-6-8-7-11-10(12)9(8)4-2/h3-6H,7H2,1-2H3,(H,11,12)/b5-3+,8-6-,9-4+. The number of carbonyl (C=O) groups excluding carboxylic acids is 1. The van der Waals surface area contributed by atoms with Gasteiger partial charge in [-0.3, -0.25) is 4.79 Å². The molecule has 0 aromatic rings. The largest absolute Gasteiger partial charge is 0.348 e. The summed E-state index contributed by atoms with van der Waals surface area (Å²) in [6.07, 6.45) is 7.70. The topological polar surface area (TPSA) is 29.1 Å². The smallest absolute Gasteiger partial charge is 0.251 e. The molecule has 64 valence electrons. The minimum absolute atomic E-state index is 0.0354. The molecule has 1 fully saturated rings. The molecule has 1 N–H and O–H groups in total. The molecule has 0 radical (unpaired) electrons. The highest BCUT2D eigenvalue weighted by Gasteiger charge is 2.19. The molecule has 2 heteroatoms. The molecule has 0 aromatic carbocycles. The van der Waals surface area contributed by atoms with Gasteiger partial charge < -0.3 is 5.32 Å². The summed E-state index contributed by atoms with van der Waals surface area (Å²) in [5.41, 5.74) is 1.87. The third-order valence-electron chi connectivity index (χ3n) is 1.81. The zero-order valence-electron chi connectivity index (χ0n) is 7.42. The van der Waals surface area contributed by atoms with Gasteiger partial charge in [-0.1, -0.05) is 24.3 Å². The Bertz CT molecular complexity index is 272. The molecular formula is C10H13NO. The van der Waals surface area contributed by atoms with Crippen molar-refractivity contribution in [3.05, 3.63) is 35.5 Å². The van der Waals surface area contributed by atoms with Gasteiger partial charge in [-0.15, -0.1) is 0 Å². The van der Waals surface area contributed by atoms with Crippen molar-refractivity contribution in [2.75, 3.05) is 6.54 Å². The zero-order valence-corrected chi connectivity index (χ0v) is 7.42. The van der Waals surface area contributed by atoms with Gasteiger partial charge in [0.05, 0.1) is 0 Å². The minimum Gasteiger partial charge on any atom is -0.348 e. The van der Waals surface area contributed by atoms with Crippen LogP contribution in [-0.4, -0.2) is 12.5 Å². The molecule has 1 aliphatic heterocycles. The summed E-state index contributed by atoms with van der Waals surface area (Å²) in [7, 11) is 0. The van der Waals surface area contributed by atoms with Gasteiger partial charge in [0.15, 0.2) is 0 Å². The van der Waals surface area contributed by atoms with E-state index in [4.69, 9.17) is 0 Å². The molecule has 0 aliphatic carbocycles. The summed E-state index contributed by atoms with van der Waals surface area (Å²) in [5.74, 6) is 0.0354. The number of amides is 1. The van der Waals surface area contributed by atoms with E-state index < -0.39 is 0 Å². The Morgan fingerprint density at radius 1 is 1.42 bits per heavy atom. The van der Waals surface area contributed by atoms with Crippen LogP contribution in [0, 0.1) is 0 Å². The van der Waals surface area contributed by atoms with Gasteiger partial charge in [-0.05, 0) is 19.4 Å². The van der Waals surface area contributed by atoms with Gasteiger partial charge in [0, 0.05) is 12.1 Å². The molecule has 2 nitrogen and oxygen atoms in total. The number of allylic oxidation sites excluding steroid dienone is 4. The number of carbonyl (C=O) groups is 1.